The zero-order valence-electron chi connectivity index (χ0n) is 17.1. The molecule has 2 aromatic heterocycles. The van der Waals surface area contributed by atoms with Gasteiger partial charge >= 0.3 is 0 Å². The maximum absolute atomic E-state index is 14.5. The first-order valence-corrected chi connectivity index (χ1v) is 10.1. The summed E-state index contributed by atoms with van der Waals surface area (Å²) in [6, 6.07) is 6.48. The fourth-order valence-electron chi connectivity index (χ4n) is 3.79. The first-order chi connectivity index (χ1) is 14.5. The monoisotopic (exact) mass is 412 g/mol. The number of aromatic nitrogens is 3. The largest absolute Gasteiger partial charge is 0.367 e. The van der Waals surface area contributed by atoms with Crippen LogP contribution in [0, 0.1) is 5.82 Å². The SMILES string of the molecule is CCc1cn2nc(CN3CCN(c4ccc(C(=O)NC)cc4F)CC3)cc2[nH]c1=O. The van der Waals surface area contributed by atoms with Crippen LogP contribution >= 0.6 is 0 Å². The molecule has 0 radical (unpaired) electrons. The Morgan fingerprint density at radius 2 is 2.00 bits per heavy atom. The van der Waals surface area contributed by atoms with Gasteiger partial charge < -0.3 is 15.2 Å². The van der Waals surface area contributed by atoms with E-state index in [4.69, 9.17) is 0 Å². The summed E-state index contributed by atoms with van der Waals surface area (Å²) in [4.78, 5) is 30.8. The second-order valence-electron chi connectivity index (χ2n) is 7.44. The summed E-state index contributed by atoms with van der Waals surface area (Å²) < 4.78 is 16.2. The van der Waals surface area contributed by atoms with Crippen molar-refractivity contribution in [1.29, 1.82) is 0 Å². The molecule has 158 valence electrons. The lowest BCUT2D eigenvalue weighted by Gasteiger charge is -2.35. The molecule has 1 aromatic carbocycles. The van der Waals surface area contributed by atoms with Gasteiger partial charge in [0.2, 0.25) is 0 Å². The number of benzene rings is 1. The molecule has 2 N–H and O–H groups in total. The number of hydrogen-bond donors (Lipinski definition) is 2. The van der Waals surface area contributed by atoms with Crippen LogP contribution in [-0.4, -0.2) is 58.6 Å². The van der Waals surface area contributed by atoms with Gasteiger partial charge in [0.05, 0.1) is 11.4 Å². The molecule has 0 atom stereocenters. The number of amides is 1. The van der Waals surface area contributed by atoms with Crippen LogP contribution < -0.4 is 15.8 Å². The van der Waals surface area contributed by atoms with Crippen molar-refractivity contribution >= 4 is 17.2 Å². The van der Waals surface area contributed by atoms with Gasteiger partial charge in [-0.25, -0.2) is 8.91 Å². The first-order valence-electron chi connectivity index (χ1n) is 10.1. The fourth-order valence-corrected chi connectivity index (χ4v) is 3.79. The zero-order valence-corrected chi connectivity index (χ0v) is 17.1. The molecule has 0 saturated carbocycles. The molecule has 9 heteroatoms. The van der Waals surface area contributed by atoms with E-state index in [9.17, 15) is 14.0 Å². The van der Waals surface area contributed by atoms with Crippen molar-refractivity contribution in [3.63, 3.8) is 0 Å². The minimum absolute atomic E-state index is 0.0745. The van der Waals surface area contributed by atoms with Crippen molar-refractivity contribution in [2.75, 3.05) is 38.1 Å². The Kier molecular flexibility index (Phi) is 5.54. The number of piperazine rings is 1. The van der Waals surface area contributed by atoms with E-state index in [2.05, 4.69) is 20.3 Å². The number of carbonyl (C=O) groups excluding carboxylic acids is 1. The molecule has 3 aromatic rings. The Hall–Kier alpha value is -3.20. The van der Waals surface area contributed by atoms with Crippen LogP contribution in [0.3, 0.4) is 0 Å². The summed E-state index contributed by atoms with van der Waals surface area (Å²) >= 11 is 0. The van der Waals surface area contributed by atoms with Crippen LogP contribution in [0.2, 0.25) is 0 Å². The summed E-state index contributed by atoms with van der Waals surface area (Å²) in [6.45, 7) is 5.50. The molecular weight excluding hydrogens is 387 g/mol. The number of H-pyrrole nitrogens is 1. The number of aryl methyl sites for hydroxylation is 1. The summed E-state index contributed by atoms with van der Waals surface area (Å²) in [5.74, 6) is -0.689. The number of rotatable bonds is 5. The first kappa shape index (κ1) is 20.1. The maximum atomic E-state index is 14.5. The summed E-state index contributed by atoms with van der Waals surface area (Å²) in [5, 5.41) is 7.08. The van der Waals surface area contributed by atoms with Gasteiger partial charge in [-0.05, 0) is 24.6 Å². The second kappa shape index (κ2) is 8.27. The molecule has 30 heavy (non-hydrogen) atoms. The lowest BCUT2D eigenvalue weighted by atomic mass is 10.1. The molecule has 1 aliphatic rings. The molecule has 8 nitrogen and oxygen atoms in total. The third-order valence-electron chi connectivity index (χ3n) is 5.51. The lowest BCUT2D eigenvalue weighted by molar-refractivity contribution is 0.0962. The van der Waals surface area contributed by atoms with E-state index in [1.165, 1.54) is 13.1 Å². The Morgan fingerprint density at radius 1 is 1.23 bits per heavy atom. The van der Waals surface area contributed by atoms with Crippen molar-refractivity contribution in [2.24, 2.45) is 0 Å². The van der Waals surface area contributed by atoms with Crippen molar-refractivity contribution in [2.45, 2.75) is 19.9 Å². The van der Waals surface area contributed by atoms with Crippen LogP contribution in [-0.2, 0) is 13.0 Å². The van der Waals surface area contributed by atoms with Gasteiger partial charge in [0, 0.05) is 63.2 Å². The summed E-state index contributed by atoms with van der Waals surface area (Å²) in [7, 11) is 1.52. The van der Waals surface area contributed by atoms with E-state index in [1.807, 2.05) is 17.9 Å². The van der Waals surface area contributed by atoms with Gasteiger partial charge in [-0.3, -0.25) is 14.5 Å². The van der Waals surface area contributed by atoms with Crippen LogP contribution in [0.15, 0.2) is 35.3 Å². The van der Waals surface area contributed by atoms with Crippen LogP contribution in [0.25, 0.3) is 5.65 Å². The fraction of sp³-hybridized carbons (Fsp3) is 0.381. The molecule has 1 amide bonds. The Morgan fingerprint density at radius 3 is 2.67 bits per heavy atom. The molecule has 0 unspecified atom stereocenters. The minimum atomic E-state index is -0.388. The topological polar surface area (TPSA) is 85.7 Å². The minimum Gasteiger partial charge on any atom is -0.367 e. The molecule has 1 aliphatic heterocycles. The van der Waals surface area contributed by atoms with Crippen molar-refractivity contribution in [1.82, 2.24) is 24.8 Å². The van der Waals surface area contributed by atoms with Crippen molar-refractivity contribution in [3.05, 3.63) is 63.5 Å². The summed E-state index contributed by atoms with van der Waals surface area (Å²) in [5.41, 5.74) is 3.02. The molecule has 3 heterocycles. The van der Waals surface area contributed by atoms with Gasteiger partial charge in [-0.1, -0.05) is 6.92 Å². The molecule has 0 spiro atoms. The Labute approximate surface area is 173 Å². The number of halogens is 1. The van der Waals surface area contributed by atoms with Gasteiger partial charge in [-0.15, -0.1) is 0 Å². The molecule has 4 rings (SSSR count). The highest BCUT2D eigenvalue weighted by Gasteiger charge is 2.21. The van der Waals surface area contributed by atoms with E-state index in [1.54, 1.807) is 22.8 Å². The van der Waals surface area contributed by atoms with Gasteiger partial charge in [0.25, 0.3) is 11.5 Å². The number of fused-ring (bicyclic) bond motifs is 1. The molecule has 1 fully saturated rings. The number of nitrogens with one attached hydrogen (secondary N) is 2. The highest BCUT2D eigenvalue weighted by atomic mass is 19.1. The number of hydrogen-bond acceptors (Lipinski definition) is 5. The Balaban J connectivity index is 1.41. The van der Waals surface area contributed by atoms with Gasteiger partial charge in [0.1, 0.15) is 11.5 Å². The highest BCUT2D eigenvalue weighted by Crippen LogP contribution is 2.22. The predicted molar refractivity (Wildman–Crippen MR) is 112 cm³/mol. The van der Waals surface area contributed by atoms with E-state index in [-0.39, 0.29) is 17.3 Å². The van der Waals surface area contributed by atoms with E-state index in [0.717, 1.165) is 18.8 Å². The number of nitrogens with zero attached hydrogens (tertiary/aromatic N) is 4. The van der Waals surface area contributed by atoms with Crippen molar-refractivity contribution < 1.29 is 9.18 Å². The molecule has 0 bridgehead atoms. The molecular formula is C21H25FN6O2. The van der Waals surface area contributed by atoms with E-state index in [0.29, 0.717) is 48.5 Å². The normalized spacial score (nSPS) is 15.0. The number of carbonyl (C=O) groups is 1. The number of aromatic amines is 1. The average Bonchev–Trinajstić information content (AvgIpc) is 3.14. The summed E-state index contributed by atoms with van der Waals surface area (Å²) in [6.07, 6.45) is 2.43. The third-order valence-corrected chi connectivity index (χ3v) is 5.51. The Bertz CT molecular complexity index is 1130. The van der Waals surface area contributed by atoms with E-state index < -0.39 is 0 Å². The highest BCUT2D eigenvalue weighted by molar-refractivity contribution is 5.94. The van der Waals surface area contributed by atoms with Gasteiger partial charge in [0.15, 0.2) is 0 Å². The molecule has 1 saturated heterocycles. The second-order valence-corrected chi connectivity index (χ2v) is 7.44. The maximum Gasteiger partial charge on any atom is 0.254 e. The van der Waals surface area contributed by atoms with Crippen LogP contribution in [0.1, 0.15) is 28.5 Å². The average molecular weight is 412 g/mol. The van der Waals surface area contributed by atoms with Crippen LogP contribution in [0.4, 0.5) is 10.1 Å². The quantitative estimate of drug-likeness (QED) is 0.662. The smallest absolute Gasteiger partial charge is 0.254 e. The third kappa shape index (κ3) is 3.93. The van der Waals surface area contributed by atoms with E-state index >= 15 is 0 Å². The number of anilines is 1. The van der Waals surface area contributed by atoms with Crippen molar-refractivity contribution in [3.8, 4) is 0 Å². The zero-order chi connectivity index (χ0) is 21.3. The standard InChI is InChI=1S/C21H25FN6O2/c1-3-14-12-28-19(24-21(14)30)11-16(25-28)13-26-6-8-27(9-7-26)18-5-4-15(10-17(18)22)20(29)23-2/h4-5,10-12H,3,6-9,13H2,1-2H3,(H,23,29)(H,24,30). The lowest BCUT2D eigenvalue weighted by Crippen LogP contribution is -2.46. The van der Waals surface area contributed by atoms with Gasteiger partial charge in [-0.2, -0.15) is 5.10 Å². The van der Waals surface area contributed by atoms with Crippen LogP contribution in [0.5, 0.6) is 0 Å². The predicted octanol–water partition coefficient (Wildman–Crippen LogP) is 1.41. The molecule has 0 aliphatic carbocycles.